The first kappa shape index (κ1) is 18.0. The number of pyridine rings is 1. The molecule has 0 aliphatic carbocycles. The lowest BCUT2D eigenvalue weighted by atomic mass is 9.96. The van der Waals surface area contributed by atoms with Gasteiger partial charge in [0, 0.05) is 29.4 Å². The Morgan fingerprint density at radius 1 is 0.900 bits per heavy atom. The third-order valence-corrected chi connectivity index (χ3v) is 5.31. The van der Waals surface area contributed by atoms with Crippen LogP contribution in [0.1, 0.15) is 18.7 Å². The van der Waals surface area contributed by atoms with Crippen LogP contribution in [0.4, 0.5) is 0 Å². The summed E-state index contributed by atoms with van der Waals surface area (Å²) in [5, 5.41) is 1.76. The normalized spacial score (nSPS) is 12.3. The van der Waals surface area contributed by atoms with E-state index in [9.17, 15) is 9.59 Å². The van der Waals surface area contributed by atoms with E-state index in [-0.39, 0.29) is 5.43 Å². The van der Waals surface area contributed by atoms with Gasteiger partial charge in [-0.25, -0.2) is 14.8 Å². The summed E-state index contributed by atoms with van der Waals surface area (Å²) in [6.45, 7) is 1.92. The molecule has 0 aliphatic heterocycles. The molecule has 1 unspecified atom stereocenters. The average Bonchev–Trinajstić information content (AvgIpc) is 2.80. The lowest BCUT2D eigenvalue weighted by Crippen LogP contribution is -2.16. The Labute approximate surface area is 171 Å². The van der Waals surface area contributed by atoms with Crippen molar-refractivity contribution in [3.05, 3.63) is 106 Å². The molecular weight excluding hydrogens is 378 g/mol. The summed E-state index contributed by atoms with van der Waals surface area (Å²) < 4.78 is 7.70. The zero-order valence-corrected chi connectivity index (χ0v) is 16.1. The van der Waals surface area contributed by atoms with Gasteiger partial charge in [0.25, 0.3) is 0 Å². The molecule has 2 aromatic carbocycles. The molecule has 0 N–H and O–H groups in total. The van der Waals surface area contributed by atoms with Gasteiger partial charge in [-0.3, -0.25) is 4.79 Å². The van der Waals surface area contributed by atoms with Gasteiger partial charge in [-0.1, -0.05) is 48.5 Å². The van der Waals surface area contributed by atoms with E-state index < -0.39 is 11.7 Å². The number of hydrogen-bond acceptors (Lipinski definition) is 5. The molecule has 0 saturated heterocycles. The molecule has 0 saturated carbocycles. The van der Waals surface area contributed by atoms with E-state index in [0.717, 1.165) is 16.5 Å². The minimum absolute atomic E-state index is 0.155. The number of fused-ring (bicyclic) bond motifs is 2. The molecule has 5 aromatic rings. The maximum absolute atomic E-state index is 12.8. The van der Waals surface area contributed by atoms with Crippen molar-refractivity contribution in [1.82, 2.24) is 14.5 Å². The molecule has 3 heterocycles. The number of aromatic nitrogens is 3. The van der Waals surface area contributed by atoms with Crippen LogP contribution in [-0.2, 0) is 0 Å². The Balaban J connectivity index is 1.85. The quantitative estimate of drug-likeness (QED) is 0.458. The van der Waals surface area contributed by atoms with E-state index in [4.69, 9.17) is 4.42 Å². The van der Waals surface area contributed by atoms with Gasteiger partial charge in [0.15, 0.2) is 5.43 Å². The molecule has 6 heteroatoms. The molecule has 146 valence electrons. The van der Waals surface area contributed by atoms with E-state index in [2.05, 4.69) is 9.97 Å². The topological polar surface area (TPSA) is 78.0 Å². The average molecular weight is 395 g/mol. The summed E-state index contributed by atoms with van der Waals surface area (Å²) in [5.41, 5.74) is 1.72. The highest BCUT2D eigenvalue weighted by molar-refractivity contribution is 5.96. The van der Waals surface area contributed by atoms with Crippen LogP contribution in [0.25, 0.3) is 32.9 Å². The van der Waals surface area contributed by atoms with Gasteiger partial charge in [-0.15, -0.1) is 0 Å². The highest BCUT2D eigenvalue weighted by atomic mass is 16.4. The highest BCUT2D eigenvalue weighted by Crippen LogP contribution is 2.35. The van der Waals surface area contributed by atoms with Crippen molar-refractivity contribution in [1.29, 1.82) is 0 Å². The second-order valence-electron chi connectivity index (χ2n) is 7.06. The molecule has 3 aromatic heterocycles. The lowest BCUT2D eigenvalue weighted by Gasteiger charge is -2.20. The van der Waals surface area contributed by atoms with Crippen LogP contribution < -0.4 is 11.1 Å². The van der Waals surface area contributed by atoms with Crippen LogP contribution in [0.5, 0.6) is 0 Å². The van der Waals surface area contributed by atoms with Gasteiger partial charge in [0.2, 0.25) is 0 Å². The van der Waals surface area contributed by atoms with Gasteiger partial charge in [-0.2, -0.15) is 0 Å². The standard InChI is InChI=1S/C24H17N3O3/c1-15(27-12-11-20(28)19-13-25-14-26-23(19)27)22-21(16-7-3-2-4-8-16)17-9-5-6-10-18(17)24(29)30-22/h2-15H,1H3. The Bertz CT molecular complexity index is 1500. The van der Waals surface area contributed by atoms with E-state index in [1.54, 1.807) is 12.3 Å². The largest absolute Gasteiger partial charge is 0.425 e. The van der Waals surface area contributed by atoms with Crippen LogP contribution in [0.2, 0.25) is 0 Å². The smallest absolute Gasteiger partial charge is 0.343 e. The minimum Gasteiger partial charge on any atom is -0.425 e. The number of benzene rings is 2. The van der Waals surface area contributed by atoms with Crippen molar-refractivity contribution in [3.63, 3.8) is 0 Å². The fraction of sp³-hybridized carbons (Fsp3) is 0.0833. The lowest BCUT2D eigenvalue weighted by molar-refractivity contribution is 0.420. The zero-order chi connectivity index (χ0) is 20.7. The summed E-state index contributed by atoms with van der Waals surface area (Å²) >= 11 is 0. The summed E-state index contributed by atoms with van der Waals surface area (Å²) in [4.78, 5) is 33.3. The fourth-order valence-electron chi connectivity index (χ4n) is 3.86. The molecular formula is C24H17N3O3. The molecule has 30 heavy (non-hydrogen) atoms. The van der Waals surface area contributed by atoms with Crippen molar-refractivity contribution in [3.8, 4) is 11.1 Å². The predicted molar refractivity (Wildman–Crippen MR) is 116 cm³/mol. The van der Waals surface area contributed by atoms with Crippen molar-refractivity contribution in [2.24, 2.45) is 0 Å². The van der Waals surface area contributed by atoms with Crippen molar-refractivity contribution in [2.75, 3.05) is 0 Å². The number of nitrogens with zero attached hydrogens (tertiary/aromatic N) is 3. The van der Waals surface area contributed by atoms with Gasteiger partial charge >= 0.3 is 5.63 Å². The molecule has 6 nitrogen and oxygen atoms in total. The third-order valence-electron chi connectivity index (χ3n) is 5.31. The van der Waals surface area contributed by atoms with Crippen LogP contribution in [0.15, 0.2) is 93.4 Å². The summed E-state index contributed by atoms with van der Waals surface area (Å²) in [6, 6.07) is 18.3. The van der Waals surface area contributed by atoms with Gasteiger partial charge in [0.1, 0.15) is 17.7 Å². The maximum atomic E-state index is 12.8. The first-order valence-corrected chi connectivity index (χ1v) is 9.57. The molecule has 0 radical (unpaired) electrons. The molecule has 0 fully saturated rings. The fourth-order valence-corrected chi connectivity index (χ4v) is 3.86. The van der Waals surface area contributed by atoms with Gasteiger partial charge in [0.05, 0.1) is 16.8 Å². The van der Waals surface area contributed by atoms with Crippen LogP contribution in [-0.4, -0.2) is 14.5 Å². The molecule has 5 rings (SSSR count). The van der Waals surface area contributed by atoms with Gasteiger partial charge in [-0.05, 0) is 18.6 Å². The van der Waals surface area contributed by atoms with Crippen LogP contribution in [0, 0.1) is 0 Å². The monoisotopic (exact) mass is 395 g/mol. The van der Waals surface area contributed by atoms with Crippen LogP contribution in [0.3, 0.4) is 0 Å². The zero-order valence-electron chi connectivity index (χ0n) is 16.1. The van der Waals surface area contributed by atoms with E-state index >= 15 is 0 Å². The molecule has 0 amide bonds. The van der Waals surface area contributed by atoms with E-state index in [1.165, 1.54) is 18.6 Å². The predicted octanol–water partition coefficient (Wildman–Crippen LogP) is 4.17. The SMILES string of the molecule is CC(c1oc(=O)c2ccccc2c1-c1ccccc1)n1ccc(=O)c2cncnc21. The second kappa shape index (κ2) is 7.08. The second-order valence-corrected chi connectivity index (χ2v) is 7.06. The first-order chi connectivity index (χ1) is 14.6. The maximum Gasteiger partial charge on any atom is 0.343 e. The van der Waals surface area contributed by atoms with E-state index in [1.807, 2.05) is 60.0 Å². The van der Waals surface area contributed by atoms with Crippen LogP contribution >= 0.6 is 0 Å². The van der Waals surface area contributed by atoms with Crippen molar-refractivity contribution in [2.45, 2.75) is 13.0 Å². The molecule has 0 aliphatic rings. The molecule has 1 atom stereocenters. The first-order valence-electron chi connectivity index (χ1n) is 9.57. The molecule has 0 spiro atoms. The Morgan fingerprint density at radius 2 is 1.63 bits per heavy atom. The summed E-state index contributed by atoms with van der Waals surface area (Å²) in [7, 11) is 0. The minimum atomic E-state index is -0.396. The van der Waals surface area contributed by atoms with Gasteiger partial charge < -0.3 is 8.98 Å². The summed E-state index contributed by atoms with van der Waals surface area (Å²) in [5.74, 6) is 0.508. The Morgan fingerprint density at radius 3 is 2.43 bits per heavy atom. The number of hydrogen-bond donors (Lipinski definition) is 0. The number of rotatable bonds is 3. The van der Waals surface area contributed by atoms with Crippen molar-refractivity contribution >= 4 is 21.8 Å². The third kappa shape index (κ3) is 2.81. The van der Waals surface area contributed by atoms with E-state index in [0.29, 0.717) is 22.2 Å². The molecule has 0 bridgehead atoms. The highest BCUT2D eigenvalue weighted by Gasteiger charge is 2.22. The summed E-state index contributed by atoms with van der Waals surface area (Å²) in [6.07, 6.45) is 4.58. The van der Waals surface area contributed by atoms with Crippen molar-refractivity contribution < 1.29 is 4.42 Å². The Kier molecular flexibility index (Phi) is 4.25. The Hall–Kier alpha value is -4.06.